The van der Waals surface area contributed by atoms with Crippen LogP contribution in [0.2, 0.25) is 0 Å². The molecule has 0 saturated carbocycles. The first-order valence-electron chi connectivity index (χ1n) is 12.0. The zero-order valence-corrected chi connectivity index (χ0v) is 20.7. The van der Waals surface area contributed by atoms with Gasteiger partial charge in [0.05, 0.1) is 5.75 Å². The largest absolute Gasteiger partial charge is 0.335 e. The number of nitrogens with zero attached hydrogens (tertiary/aromatic N) is 2. The Morgan fingerprint density at radius 2 is 1.63 bits per heavy atom. The van der Waals surface area contributed by atoms with Gasteiger partial charge in [-0.25, -0.2) is 4.99 Å². The fourth-order valence-corrected chi connectivity index (χ4v) is 5.40. The lowest BCUT2D eigenvalue weighted by Crippen LogP contribution is -2.33. The van der Waals surface area contributed by atoms with Crippen LogP contribution in [0.3, 0.4) is 0 Å². The highest BCUT2D eigenvalue weighted by molar-refractivity contribution is 8.14. The minimum atomic E-state index is -0.0311. The van der Waals surface area contributed by atoms with Crippen LogP contribution in [-0.2, 0) is 4.79 Å². The van der Waals surface area contributed by atoms with Crippen molar-refractivity contribution >= 4 is 34.6 Å². The summed E-state index contributed by atoms with van der Waals surface area (Å²) in [4.78, 5) is 19.7. The molecule has 1 amide bonds. The molecule has 5 rings (SSSR count). The molecule has 176 valence electrons. The second-order valence-corrected chi connectivity index (χ2v) is 9.75. The lowest BCUT2D eigenvalue weighted by atomic mass is 9.84. The van der Waals surface area contributed by atoms with E-state index in [1.807, 2.05) is 49.5 Å². The van der Waals surface area contributed by atoms with E-state index in [0.29, 0.717) is 5.75 Å². The predicted octanol–water partition coefficient (Wildman–Crippen LogP) is 6.60. The van der Waals surface area contributed by atoms with E-state index in [4.69, 9.17) is 4.99 Å². The van der Waals surface area contributed by atoms with Crippen LogP contribution in [0.4, 0.5) is 5.69 Å². The molecule has 1 N–H and O–H groups in total. The van der Waals surface area contributed by atoms with Gasteiger partial charge in [0, 0.05) is 18.4 Å². The number of benzene rings is 3. The number of rotatable bonds is 5. The molecule has 1 heterocycles. The van der Waals surface area contributed by atoms with Crippen molar-refractivity contribution in [1.82, 2.24) is 5.32 Å². The fourth-order valence-electron chi connectivity index (χ4n) is 4.60. The minimum absolute atomic E-state index is 0.0311. The highest BCUT2D eigenvalue weighted by atomic mass is 32.2. The lowest BCUT2D eigenvalue weighted by Gasteiger charge is -2.33. The monoisotopic (exact) mass is 479 g/mol. The van der Waals surface area contributed by atoms with Crippen molar-refractivity contribution in [1.29, 1.82) is 0 Å². The molecule has 5 heteroatoms. The second-order valence-electron chi connectivity index (χ2n) is 8.78. The quantitative estimate of drug-likeness (QED) is 0.448. The molecule has 2 aliphatic rings. The lowest BCUT2D eigenvalue weighted by molar-refractivity contribution is -0.115. The van der Waals surface area contributed by atoms with Crippen LogP contribution in [0, 0.1) is 0 Å². The summed E-state index contributed by atoms with van der Waals surface area (Å²) in [6, 6.07) is 30.7. The Balaban J connectivity index is 1.42. The van der Waals surface area contributed by atoms with E-state index in [9.17, 15) is 4.79 Å². The highest BCUT2D eigenvalue weighted by Gasteiger charge is 2.30. The Bertz CT molecular complexity index is 1270. The Morgan fingerprint density at radius 1 is 0.971 bits per heavy atom. The molecule has 1 atom stereocenters. The third-order valence-corrected chi connectivity index (χ3v) is 7.32. The van der Waals surface area contributed by atoms with Gasteiger partial charge in [-0.1, -0.05) is 90.6 Å². The molecule has 0 unspecified atom stereocenters. The Kier molecular flexibility index (Phi) is 7.15. The summed E-state index contributed by atoms with van der Waals surface area (Å²) in [5.41, 5.74) is 7.10. The van der Waals surface area contributed by atoms with Crippen molar-refractivity contribution in [3.63, 3.8) is 0 Å². The van der Waals surface area contributed by atoms with Gasteiger partial charge in [-0.3, -0.25) is 4.79 Å². The van der Waals surface area contributed by atoms with Crippen molar-refractivity contribution in [2.45, 2.75) is 25.3 Å². The molecule has 4 nitrogen and oxygen atoms in total. The van der Waals surface area contributed by atoms with Gasteiger partial charge in [-0.15, -0.1) is 0 Å². The first-order valence-corrected chi connectivity index (χ1v) is 13.0. The molecule has 1 aliphatic carbocycles. The highest BCUT2D eigenvalue weighted by Crippen LogP contribution is 2.41. The Hall–Kier alpha value is -3.57. The maximum absolute atomic E-state index is 12.9. The van der Waals surface area contributed by atoms with Gasteiger partial charge in [-0.2, -0.15) is 0 Å². The van der Waals surface area contributed by atoms with Crippen LogP contribution in [0.5, 0.6) is 0 Å². The van der Waals surface area contributed by atoms with Gasteiger partial charge >= 0.3 is 0 Å². The number of carbonyl (C=O) groups is 1. The summed E-state index contributed by atoms with van der Waals surface area (Å²) < 4.78 is 0. The molecule has 3 aromatic rings. The van der Waals surface area contributed by atoms with Crippen LogP contribution in [-0.4, -0.2) is 23.9 Å². The Labute approximate surface area is 211 Å². The number of anilines is 1. The van der Waals surface area contributed by atoms with Gasteiger partial charge in [0.25, 0.3) is 0 Å². The van der Waals surface area contributed by atoms with Gasteiger partial charge in [0.2, 0.25) is 5.91 Å². The van der Waals surface area contributed by atoms with Crippen LogP contribution in [0.1, 0.15) is 36.4 Å². The molecule has 0 saturated heterocycles. The van der Waals surface area contributed by atoms with Crippen molar-refractivity contribution < 1.29 is 4.79 Å². The van der Waals surface area contributed by atoms with Gasteiger partial charge in [0.15, 0.2) is 5.17 Å². The van der Waals surface area contributed by atoms with E-state index in [-0.39, 0.29) is 11.9 Å². The molecule has 0 radical (unpaired) electrons. The standard InChI is InChI=1S/C30H29N3OS/c1-33(25-17-9-4-10-18-25)27(34)21-35-30-31-28(23-14-7-3-8-15-23)26-19-11-16-24(29(26)32-30)20-22-12-5-2-6-13-22/h2-10,12-15,17-18,20,28H,11,16,19,21H2,1H3,(H,31,32)/b24-20+/t28-/m0/s1. The minimum Gasteiger partial charge on any atom is -0.335 e. The number of allylic oxidation sites excluding steroid dienone is 1. The van der Waals surface area contributed by atoms with E-state index in [2.05, 4.69) is 59.9 Å². The molecule has 3 aromatic carbocycles. The molecule has 35 heavy (non-hydrogen) atoms. The summed E-state index contributed by atoms with van der Waals surface area (Å²) in [5, 5.41) is 4.41. The van der Waals surface area contributed by atoms with Gasteiger partial charge in [0.1, 0.15) is 6.04 Å². The predicted molar refractivity (Wildman–Crippen MR) is 147 cm³/mol. The van der Waals surface area contributed by atoms with Crippen LogP contribution in [0.15, 0.2) is 113 Å². The summed E-state index contributed by atoms with van der Waals surface area (Å²) >= 11 is 1.48. The van der Waals surface area contributed by atoms with Crippen LogP contribution in [0.25, 0.3) is 6.08 Å². The first kappa shape index (κ1) is 23.2. The maximum atomic E-state index is 12.9. The summed E-state index contributed by atoms with van der Waals surface area (Å²) in [6.45, 7) is 0. The number of hydrogen-bond acceptors (Lipinski definition) is 4. The maximum Gasteiger partial charge on any atom is 0.237 e. The summed E-state index contributed by atoms with van der Waals surface area (Å²) in [7, 11) is 1.82. The number of amidine groups is 1. The number of thioether (sulfide) groups is 1. The summed E-state index contributed by atoms with van der Waals surface area (Å²) in [6.07, 6.45) is 5.44. The smallest absolute Gasteiger partial charge is 0.237 e. The molecule has 1 aliphatic heterocycles. The normalized spacial score (nSPS) is 18.5. The molecule has 0 fully saturated rings. The number of aliphatic imine (C=N–C) groups is 1. The third-order valence-electron chi connectivity index (χ3n) is 6.45. The topological polar surface area (TPSA) is 44.7 Å². The van der Waals surface area contributed by atoms with Crippen molar-refractivity contribution in [2.24, 2.45) is 4.99 Å². The van der Waals surface area contributed by atoms with E-state index in [0.717, 1.165) is 30.1 Å². The van der Waals surface area contributed by atoms with Crippen molar-refractivity contribution in [3.05, 3.63) is 119 Å². The average molecular weight is 480 g/mol. The number of amides is 1. The summed E-state index contributed by atoms with van der Waals surface area (Å²) in [5.74, 6) is 0.365. The number of hydrogen-bond donors (Lipinski definition) is 1. The average Bonchev–Trinajstić information content (AvgIpc) is 2.92. The molecule has 0 bridgehead atoms. The third kappa shape index (κ3) is 5.41. The van der Waals surface area contributed by atoms with Crippen molar-refractivity contribution in [2.75, 3.05) is 17.7 Å². The molecular formula is C30H29N3OS. The zero-order valence-electron chi connectivity index (χ0n) is 19.9. The second kappa shape index (κ2) is 10.8. The van der Waals surface area contributed by atoms with Gasteiger partial charge < -0.3 is 10.2 Å². The SMILES string of the molecule is CN(C(=O)CSC1=N[C@@H](c2ccccc2)C2=C(N1)/C(=C/c1ccccc1)CCC2)c1ccccc1. The number of carbonyl (C=O) groups excluding carboxylic acids is 1. The number of para-hydroxylation sites is 1. The first-order chi connectivity index (χ1) is 17.2. The van der Waals surface area contributed by atoms with E-state index in [1.54, 1.807) is 4.90 Å². The molecular weight excluding hydrogens is 450 g/mol. The number of nitrogens with one attached hydrogen (secondary N) is 1. The van der Waals surface area contributed by atoms with E-state index >= 15 is 0 Å². The molecule has 0 spiro atoms. The fraction of sp³-hybridized carbons (Fsp3) is 0.200. The molecule has 0 aromatic heterocycles. The van der Waals surface area contributed by atoms with E-state index in [1.165, 1.54) is 39.7 Å². The van der Waals surface area contributed by atoms with E-state index < -0.39 is 0 Å². The Morgan fingerprint density at radius 3 is 2.34 bits per heavy atom. The van der Waals surface area contributed by atoms with Crippen molar-refractivity contribution in [3.8, 4) is 0 Å². The van der Waals surface area contributed by atoms with Crippen LogP contribution < -0.4 is 10.2 Å². The van der Waals surface area contributed by atoms with Crippen LogP contribution >= 0.6 is 11.8 Å². The van der Waals surface area contributed by atoms with Gasteiger partial charge in [-0.05, 0) is 59.7 Å². The zero-order chi connectivity index (χ0) is 24.0.